The second kappa shape index (κ2) is 6.09. The quantitative estimate of drug-likeness (QED) is 0.757. The molecule has 0 radical (unpaired) electrons. The van der Waals surface area contributed by atoms with Gasteiger partial charge in [-0.3, -0.25) is 9.48 Å². The minimum atomic E-state index is -0.703. The highest BCUT2D eigenvalue weighted by Gasteiger charge is 2.13. The summed E-state index contributed by atoms with van der Waals surface area (Å²) in [4.78, 5) is 11.2. The van der Waals surface area contributed by atoms with E-state index in [0.717, 1.165) is 22.0 Å². The molecular weight excluding hydrogens is 302 g/mol. The van der Waals surface area contributed by atoms with Crippen LogP contribution in [0.1, 0.15) is 30.6 Å². The predicted molar refractivity (Wildman–Crippen MR) is 94.6 cm³/mol. The van der Waals surface area contributed by atoms with E-state index in [9.17, 15) is 9.90 Å². The Morgan fingerprint density at radius 2 is 1.83 bits per heavy atom. The lowest BCUT2D eigenvalue weighted by molar-refractivity contribution is 0.0651. The average molecular weight is 323 g/mol. The first-order valence-corrected chi connectivity index (χ1v) is 7.92. The first-order chi connectivity index (χ1) is 11.3. The van der Waals surface area contributed by atoms with Crippen LogP contribution < -0.4 is 5.73 Å². The van der Waals surface area contributed by atoms with Crippen LogP contribution in [0.15, 0.2) is 48.7 Å². The third-order valence-corrected chi connectivity index (χ3v) is 4.01. The van der Waals surface area contributed by atoms with Crippen LogP contribution in [0.2, 0.25) is 0 Å². The summed E-state index contributed by atoms with van der Waals surface area (Å²) < 4.78 is 1.86. The summed E-state index contributed by atoms with van der Waals surface area (Å²) in [6.45, 7) is 4.26. The van der Waals surface area contributed by atoms with Crippen LogP contribution in [0.25, 0.3) is 22.0 Å². The van der Waals surface area contributed by atoms with Crippen molar-refractivity contribution in [1.82, 2.24) is 9.78 Å². The molecule has 0 aliphatic carbocycles. The van der Waals surface area contributed by atoms with Gasteiger partial charge in [0.25, 0.3) is 0 Å². The number of primary amides is 1. The Morgan fingerprint density at radius 1 is 1.17 bits per heavy atom. The van der Waals surface area contributed by atoms with E-state index in [1.165, 1.54) is 0 Å². The van der Waals surface area contributed by atoms with Gasteiger partial charge in [0.1, 0.15) is 0 Å². The Balaban J connectivity index is 1.86. The zero-order chi connectivity index (χ0) is 17.3. The maximum atomic E-state index is 11.2. The summed E-state index contributed by atoms with van der Waals surface area (Å²) in [6.07, 6.45) is 2.63. The lowest BCUT2D eigenvalue weighted by Gasteiger charge is -2.16. The number of aryl methyl sites for hydroxylation is 1. The Kier molecular flexibility index (Phi) is 4.11. The van der Waals surface area contributed by atoms with Crippen molar-refractivity contribution in [2.75, 3.05) is 0 Å². The number of hydrogen-bond donors (Lipinski definition) is 2. The second-order valence-electron chi connectivity index (χ2n) is 6.67. The summed E-state index contributed by atoms with van der Waals surface area (Å²) in [5.74, 6) is -0.428. The summed E-state index contributed by atoms with van der Waals surface area (Å²) in [5.41, 5.74) is 8.01. The van der Waals surface area contributed by atoms with Gasteiger partial charge in [-0.15, -0.1) is 0 Å². The maximum absolute atomic E-state index is 11.2. The second-order valence-corrected chi connectivity index (χ2v) is 6.67. The van der Waals surface area contributed by atoms with Crippen molar-refractivity contribution < 1.29 is 9.90 Å². The molecule has 0 aliphatic heterocycles. The first-order valence-electron chi connectivity index (χ1n) is 7.92. The molecule has 0 spiro atoms. The van der Waals surface area contributed by atoms with Crippen molar-refractivity contribution in [3.05, 3.63) is 54.2 Å². The molecule has 3 N–H and O–H groups in total. The highest BCUT2D eigenvalue weighted by atomic mass is 16.3. The Morgan fingerprint density at radius 3 is 2.46 bits per heavy atom. The molecule has 0 atom stereocenters. The van der Waals surface area contributed by atoms with Crippen molar-refractivity contribution in [1.29, 1.82) is 0 Å². The van der Waals surface area contributed by atoms with Crippen LogP contribution >= 0.6 is 0 Å². The van der Waals surface area contributed by atoms with Crippen LogP contribution in [0.5, 0.6) is 0 Å². The van der Waals surface area contributed by atoms with Gasteiger partial charge in [-0.25, -0.2) is 0 Å². The van der Waals surface area contributed by atoms with Gasteiger partial charge in [0, 0.05) is 23.7 Å². The first kappa shape index (κ1) is 16.2. The lowest BCUT2D eigenvalue weighted by Crippen LogP contribution is -2.21. The monoisotopic (exact) mass is 323 g/mol. The van der Waals surface area contributed by atoms with E-state index < -0.39 is 11.5 Å². The standard InChI is InChI=1S/C19H21N3O2/c1-19(2,24)9-10-22-12-16-8-7-15(11-17(16)21-22)13-3-5-14(6-4-13)18(20)23/h3-8,11-12,24H,9-10H2,1-2H3,(H2,20,23). The van der Waals surface area contributed by atoms with E-state index in [0.29, 0.717) is 18.5 Å². The fourth-order valence-corrected chi connectivity index (χ4v) is 2.58. The minimum Gasteiger partial charge on any atom is -0.390 e. The zero-order valence-corrected chi connectivity index (χ0v) is 13.9. The maximum Gasteiger partial charge on any atom is 0.248 e. The number of amides is 1. The molecule has 0 saturated heterocycles. The number of nitrogens with zero attached hydrogens (tertiary/aromatic N) is 2. The van der Waals surface area contributed by atoms with E-state index in [2.05, 4.69) is 5.10 Å². The van der Waals surface area contributed by atoms with Gasteiger partial charge in [0.05, 0.1) is 11.1 Å². The van der Waals surface area contributed by atoms with E-state index in [1.807, 2.05) is 41.2 Å². The van der Waals surface area contributed by atoms with Gasteiger partial charge in [0.2, 0.25) is 5.91 Å². The molecule has 0 aliphatic rings. The molecule has 0 saturated carbocycles. The van der Waals surface area contributed by atoms with Gasteiger partial charge < -0.3 is 10.8 Å². The summed E-state index contributed by atoms with van der Waals surface area (Å²) in [6, 6.07) is 13.3. The predicted octanol–water partition coefficient (Wildman–Crippen LogP) is 2.96. The number of carbonyl (C=O) groups is 1. The number of carbonyl (C=O) groups excluding carboxylic acids is 1. The summed E-state index contributed by atoms with van der Waals surface area (Å²) in [7, 11) is 0. The van der Waals surface area contributed by atoms with Crippen LogP contribution in [-0.2, 0) is 6.54 Å². The molecule has 0 unspecified atom stereocenters. The van der Waals surface area contributed by atoms with Crippen molar-refractivity contribution in [2.45, 2.75) is 32.4 Å². The molecule has 5 nitrogen and oxygen atoms in total. The summed E-state index contributed by atoms with van der Waals surface area (Å²) >= 11 is 0. The zero-order valence-electron chi connectivity index (χ0n) is 13.9. The van der Waals surface area contributed by atoms with Crippen LogP contribution in [0.4, 0.5) is 0 Å². The topological polar surface area (TPSA) is 81.1 Å². The number of nitrogens with two attached hydrogens (primary N) is 1. The number of hydrogen-bond acceptors (Lipinski definition) is 3. The third kappa shape index (κ3) is 3.63. The SMILES string of the molecule is CC(C)(O)CCn1cc2ccc(-c3ccc(C(N)=O)cc3)cc2n1. The van der Waals surface area contributed by atoms with Crippen LogP contribution in [-0.4, -0.2) is 26.4 Å². The van der Waals surface area contributed by atoms with Crippen LogP contribution in [0.3, 0.4) is 0 Å². The number of aliphatic hydroxyl groups is 1. The number of aromatic nitrogens is 2. The molecule has 124 valence electrons. The van der Waals surface area contributed by atoms with E-state index in [4.69, 9.17) is 5.73 Å². The highest BCUT2D eigenvalue weighted by Crippen LogP contribution is 2.24. The lowest BCUT2D eigenvalue weighted by atomic mass is 10.0. The van der Waals surface area contributed by atoms with Gasteiger partial charge >= 0.3 is 0 Å². The molecular formula is C19H21N3O2. The Bertz CT molecular complexity index is 874. The minimum absolute atomic E-state index is 0.428. The molecule has 3 rings (SSSR count). The molecule has 1 heterocycles. The Hall–Kier alpha value is -2.66. The van der Waals surface area contributed by atoms with Crippen molar-refractivity contribution in [3.8, 4) is 11.1 Å². The van der Waals surface area contributed by atoms with Gasteiger partial charge in [0.15, 0.2) is 0 Å². The van der Waals surface area contributed by atoms with Crippen molar-refractivity contribution >= 4 is 16.8 Å². The molecule has 5 heteroatoms. The fourth-order valence-electron chi connectivity index (χ4n) is 2.58. The summed E-state index contributed by atoms with van der Waals surface area (Å²) in [5, 5.41) is 15.5. The van der Waals surface area contributed by atoms with Gasteiger partial charge in [-0.2, -0.15) is 5.10 Å². The average Bonchev–Trinajstić information content (AvgIpc) is 2.94. The largest absolute Gasteiger partial charge is 0.390 e. The smallest absolute Gasteiger partial charge is 0.248 e. The fraction of sp³-hybridized carbons (Fsp3) is 0.263. The molecule has 1 aromatic heterocycles. The van der Waals surface area contributed by atoms with Gasteiger partial charge in [-0.05, 0) is 49.6 Å². The normalized spacial score (nSPS) is 11.8. The van der Waals surface area contributed by atoms with Crippen molar-refractivity contribution in [3.63, 3.8) is 0 Å². The van der Waals surface area contributed by atoms with E-state index >= 15 is 0 Å². The number of rotatable bonds is 5. The molecule has 24 heavy (non-hydrogen) atoms. The molecule has 0 fully saturated rings. The molecule has 0 bridgehead atoms. The van der Waals surface area contributed by atoms with E-state index in [-0.39, 0.29) is 0 Å². The number of fused-ring (bicyclic) bond motifs is 1. The third-order valence-electron chi connectivity index (χ3n) is 4.01. The van der Waals surface area contributed by atoms with E-state index in [1.54, 1.807) is 26.0 Å². The molecule has 2 aromatic carbocycles. The number of benzene rings is 2. The Labute approximate surface area is 140 Å². The van der Waals surface area contributed by atoms with Crippen molar-refractivity contribution in [2.24, 2.45) is 5.73 Å². The van der Waals surface area contributed by atoms with Crippen LogP contribution in [0, 0.1) is 0 Å². The highest BCUT2D eigenvalue weighted by molar-refractivity contribution is 5.93. The molecule has 1 amide bonds. The molecule has 3 aromatic rings. The van der Waals surface area contributed by atoms with Gasteiger partial charge in [-0.1, -0.05) is 24.3 Å².